The first-order valence-corrected chi connectivity index (χ1v) is 4.61. The van der Waals surface area contributed by atoms with Crippen molar-refractivity contribution in [2.75, 3.05) is 5.73 Å². The van der Waals surface area contributed by atoms with Crippen molar-refractivity contribution in [2.24, 2.45) is 0 Å². The van der Waals surface area contributed by atoms with Gasteiger partial charge in [-0.25, -0.2) is 0 Å². The number of phenols is 1. The molecule has 0 bridgehead atoms. The van der Waals surface area contributed by atoms with Crippen LogP contribution in [0.4, 0.5) is 18.9 Å². The van der Waals surface area contributed by atoms with Crippen LogP contribution >= 0.6 is 27.5 Å². The second-order valence-corrected chi connectivity index (χ2v) is 3.74. The molecular formula is C7H4BrClF3NO2. The van der Waals surface area contributed by atoms with E-state index in [1.807, 2.05) is 0 Å². The minimum atomic E-state index is -4.92. The van der Waals surface area contributed by atoms with Crippen LogP contribution in [0.5, 0.6) is 11.5 Å². The molecule has 8 heteroatoms. The number of nitrogen functional groups attached to an aromatic ring is 1. The average Bonchev–Trinajstić information content (AvgIpc) is 2.07. The lowest BCUT2D eigenvalue weighted by Crippen LogP contribution is -2.18. The molecule has 0 amide bonds. The van der Waals surface area contributed by atoms with Crippen molar-refractivity contribution in [1.82, 2.24) is 0 Å². The van der Waals surface area contributed by atoms with Gasteiger partial charge in [0, 0.05) is 0 Å². The van der Waals surface area contributed by atoms with Crippen molar-refractivity contribution < 1.29 is 23.0 Å². The van der Waals surface area contributed by atoms with Gasteiger partial charge in [0.2, 0.25) is 0 Å². The second-order valence-electron chi connectivity index (χ2n) is 2.48. The Kier molecular flexibility index (Phi) is 3.25. The van der Waals surface area contributed by atoms with Crippen LogP contribution in [0.1, 0.15) is 0 Å². The summed E-state index contributed by atoms with van der Waals surface area (Å²) in [6.45, 7) is 0. The lowest BCUT2D eigenvalue weighted by atomic mass is 10.3. The van der Waals surface area contributed by atoms with E-state index < -0.39 is 23.5 Å². The number of rotatable bonds is 1. The number of anilines is 1. The number of nitrogens with two attached hydrogens (primary N) is 1. The normalized spacial score (nSPS) is 11.5. The fraction of sp³-hybridized carbons (Fsp3) is 0.143. The lowest BCUT2D eigenvalue weighted by Gasteiger charge is -2.14. The van der Waals surface area contributed by atoms with E-state index in [1.54, 1.807) is 0 Å². The minimum absolute atomic E-state index is 0.0829. The van der Waals surface area contributed by atoms with Gasteiger partial charge in [0.05, 0.1) is 9.50 Å². The molecule has 84 valence electrons. The molecule has 0 radical (unpaired) electrons. The molecule has 0 saturated heterocycles. The minimum Gasteiger partial charge on any atom is -0.505 e. The first-order valence-electron chi connectivity index (χ1n) is 3.44. The molecule has 3 N–H and O–H groups in total. The van der Waals surface area contributed by atoms with E-state index in [1.165, 1.54) is 0 Å². The summed E-state index contributed by atoms with van der Waals surface area (Å²) in [5.41, 5.74) is 4.62. The number of alkyl halides is 3. The Morgan fingerprint density at radius 2 is 2.00 bits per heavy atom. The quantitative estimate of drug-likeness (QED) is 0.618. The molecule has 1 rings (SSSR count). The highest BCUT2D eigenvalue weighted by atomic mass is 79.9. The van der Waals surface area contributed by atoms with E-state index in [9.17, 15) is 18.3 Å². The van der Waals surface area contributed by atoms with Crippen LogP contribution in [0.3, 0.4) is 0 Å². The summed E-state index contributed by atoms with van der Waals surface area (Å²) in [4.78, 5) is 0. The Hall–Kier alpha value is -0.820. The number of hydrogen-bond acceptors (Lipinski definition) is 3. The zero-order valence-corrected chi connectivity index (χ0v) is 9.24. The fourth-order valence-corrected chi connectivity index (χ4v) is 1.65. The molecular weight excluding hydrogens is 302 g/mol. The van der Waals surface area contributed by atoms with Gasteiger partial charge in [0.1, 0.15) is 5.69 Å². The molecule has 0 spiro atoms. The van der Waals surface area contributed by atoms with E-state index >= 15 is 0 Å². The maximum absolute atomic E-state index is 11.9. The monoisotopic (exact) mass is 305 g/mol. The zero-order valence-electron chi connectivity index (χ0n) is 6.90. The predicted molar refractivity (Wildman–Crippen MR) is 51.9 cm³/mol. The van der Waals surface area contributed by atoms with Crippen LogP contribution < -0.4 is 10.5 Å². The summed E-state index contributed by atoms with van der Waals surface area (Å²) in [7, 11) is 0. The molecule has 0 saturated carbocycles. The maximum atomic E-state index is 11.9. The van der Waals surface area contributed by atoms with Gasteiger partial charge in [0.25, 0.3) is 0 Å². The molecule has 1 aromatic rings. The molecule has 0 atom stereocenters. The van der Waals surface area contributed by atoms with Gasteiger partial charge in [0.15, 0.2) is 11.5 Å². The number of benzene rings is 1. The van der Waals surface area contributed by atoms with Crippen LogP contribution in [0, 0.1) is 0 Å². The molecule has 1 aromatic carbocycles. The highest BCUT2D eigenvalue weighted by molar-refractivity contribution is 9.10. The molecule has 15 heavy (non-hydrogen) atoms. The molecule has 0 aliphatic rings. The van der Waals surface area contributed by atoms with Gasteiger partial charge in [-0.05, 0) is 22.0 Å². The Bertz CT molecular complexity index is 397. The number of halogens is 5. The lowest BCUT2D eigenvalue weighted by molar-refractivity contribution is -0.274. The van der Waals surface area contributed by atoms with Crippen LogP contribution in [-0.4, -0.2) is 11.5 Å². The van der Waals surface area contributed by atoms with Crippen LogP contribution in [-0.2, 0) is 0 Å². The van der Waals surface area contributed by atoms with E-state index in [4.69, 9.17) is 17.3 Å². The number of ether oxygens (including phenoxy) is 1. The largest absolute Gasteiger partial charge is 0.573 e. The first kappa shape index (κ1) is 12.3. The Labute approximate surface area is 95.7 Å². The molecule has 0 aromatic heterocycles. The van der Waals surface area contributed by atoms with Crippen LogP contribution in [0.2, 0.25) is 5.02 Å². The zero-order chi connectivity index (χ0) is 11.8. The molecule has 0 aliphatic carbocycles. The molecule has 0 fully saturated rings. The summed E-state index contributed by atoms with van der Waals surface area (Å²) >= 11 is 8.33. The van der Waals surface area contributed by atoms with Gasteiger partial charge in [-0.2, -0.15) is 0 Å². The van der Waals surface area contributed by atoms with E-state index in [0.717, 1.165) is 6.07 Å². The third-order valence-electron chi connectivity index (χ3n) is 1.41. The second kappa shape index (κ2) is 3.97. The third kappa shape index (κ3) is 2.82. The molecule has 0 unspecified atom stereocenters. The van der Waals surface area contributed by atoms with Gasteiger partial charge in [-0.15, -0.1) is 13.2 Å². The number of phenolic OH excluding ortho intramolecular Hbond substituents is 1. The molecule has 3 nitrogen and oxygen atoms in total. The summed E-state index contributed by atoms with van der Waals surface area (Å²) in [6.07, 6.45) is -4.92. The van der Waals surface area contributed by atoms with Gasteiger partial charge in [-0.1, -0.05) is 11.6 Å². The summed E-state index contributed by atoms with van der Waals surface area (Å²) < 4.78 is 39.4. The standard InChI is InChI=1S/C7H4BrClF3NO2/c8-2-1-3(9)6(4(13)5(2)14)15-7(10,11)12/h1,14H,13H2. The van der Waals surface area contributed by atoms with E-state index in [2.05, 4.69) is 20.7 Å². The predicted octanol–water partition coefficient (Wildman–Crippen LogP) is 3.29. The summed E-state index contributed by atoms with van der Waals surface area (Å²) in [5.74, 6) is -1.37. The number of hydrogen-bond donors (Lipinski definition) is 2. The van der Waals surface area contributed by atoms with Gasteiger partial charge >= 0.3 is 6.36 Å². The highest BCUT2D eigenvalue weighted by Gasteiger charge is 2.34. The first-order chi connectivity index (χ1) is 6.72. The van der Waals surface area contributed by atoms with E-state index in [0.29, 0.717) is 0 Å². The molecule has 0 aliphatic heterocycles. The van der Waals surface area contributed by atoms with Crippen LogP contribution in [0.15, 0.2) is 10.5 Å². The fourth-order valence-electron chi connectivity index (χ4n) is 0.829. The van der Waals surface area contributed by atoms with Crippen molar-refractivity contribution in [3.8, 4) is 11.5 Å². The Morgan fingerprint density at radius 1 is 1.47 bits per heavy atom. The average molecular weight is 306 g/mol. The van der Waals surface area contributed by atoms with E-state index in [-0.39, 0.29) is 9.50 Å². The SMILES string of the molecule is Nc1c(O)c(Br)cc(Cl)c1OC(F)(F)F. The van der Waals surface area contributed by atoms with Gasteiger partial charge in [-0.3, -0.25) is 0 Å². The van der Waals surface area contributed by atoms with Crippen molar-refractivity contribution in [2.45, 2.75) is 6.36 Å². The summed E-state index contributed by atoms with van der Waals surface area (Å²) in [5, 5.41) is 8.88. The van der Waals surface area contributed by atoms with Crippen molar-refractivity contribution in [3.05, 3.63) is 15.6 Å². The smallest absolute Gasteiger partial charge is 0.505 e. The maximum Gasteiger partial charge on any atom is 0.573 e. The van der Waals surface area contributed by atoms with Gasteiger partial charge < -0.3 is 15.6 Å². The van der Waals surface area contributed by atoms with Crippen molar-refractivity contribution in [3.63, 3.8) is 0 Å². The topological polar surface area (TPSA) is 55.5 Å². The van der Waals surface area contributed by atoms with Crippen LogP contribution in [0.25, 0.3) is 0 Å². The van der Waals surface area contributed by atoms with Crippen molar-refractivity contribution >= 4 is 33.2 Å². The number of aromatic hydroxyl groups is 1. The Morgan fingerprint density at radius 3 is 2.47 bits per heavy atom. The summed E-state index contributed by atoms with van der Waals surface area (Å²) in [6, 6.07) is 1.05. The van der Waals surface area contributed by atoms with Crippen molar-refractivity contribution in [1.29, 1.82) is 0 Å². The molecule has 0 heterocycles. The third-order valence-corrected chi connectivity index (χ3v) is 2.30. The highest BCUT2D eigenvalue weighted by Crippen LogP contribution is 2.44. The Balaban J connectivity index is 3.24.